The molecule has 0 aliphatic rings. The number of anilines is 1. The minimum atomic E-state index is -4.10. The van der Waals surface area contributed by atoms with Gasteiger partial charge in [0.2, 0.25) is 0 Å². The van der Waals surface area contributed by atoms with Crippen LogP contribution < -0.4 is 4.72 Å². The van der Waals surface area contributed by atoms with Crippen LogP contribution in [-0.4, -0.2) is 28.0 Å². The highest BCUT2D eigenvalue weighted by atomic mass is 35.5. The number of sulfone groups is 1. The monoisotopic (exact) mass is 390 g/mol. The quantitative estimate of drug-likeness (QED) is 0.617. The van der Waals surface area contributed by atoms with Crippen molar-refractivity contribution in [2.45, 2.75) is 9.79 Å². The lowest BCUT2D eigenvalue weighted by Gasteiger charge is -2.09. The molecule has 0 aromatic heterocycles. The van der Waals surface area contributed by atoms with Gasteiger partial charge in [0.25, 0.3) is 15.7 Å². The lowest BCUT2D eigenvalue weighted by atomic mass is 10.3. The van der Waals surface area contributed by atoms with Gasteiger partial charge in [0, 0.05) is 18.0 Å². The van der Waals surface area contributed by atoms with Crippen LogP contribution in [0.15, 0.2) is 52.3 Å². The fraction of sp³-hybridized carbons (Fsp3) is 0.0769. The predicted molar refractivity (Wildman–Crippen MR) is 88.5 cm³/mol. The molecule has 0 saturated heterocycles. The molecule has 2 aromatic carbocycles. The lowest BCUT2D eigenvalue weighted by Crippen LogP contribution is -2.13. The topological polar surface area (TPSA) is 123 Å². The van der Waals surface area contributed by atoms with Crippen molar-refractivity contribution in [2.24, 2.45) is 0 Å². The highest BCUT2D eigenvalue weighted by Gasteiger charge is 2.21. The Balaban J connectivity index is 2.35. The number of sulfonamides is 1. The van der Waals surface area contributed by atoms with Gasteiger partial charge in [-0.15, -0.1) is 0 Å². The molecule has 1 N–H and O–H groups in total. The van der Waals surface area contributed by atoms with E-state index >= 15 is 0 Å². The zero-order valence-corrected chi connectivity index (χ0v) is 14.5. The van der Waals surface area contributed by atoms with E-state index in [4.69, 9.17) is 11.6 Å². The molecule has 0 heterocycles. The highest BCUT2D eigenvalue weighted by Crippen LogP contribution is 2.28. The second-order valence-electron chi connectivity index (χ2n) is 4.77. The van der Waals surface area contributed by atoms with E-state index in [2.05, 4.69) is 4.72 Å². The summed E-state index contributed by atoms with van der Waals surface area (Å²) in [6, 6.07) is 8.13. The van der Waals surface area contributed by atoms with Crippen molar-refractivity contribution in [3.05, 3.63) is 57.6 Å². The standard InChI is InChI=1S/C13H11ClN2O6S2/c1-23(19,20)10-4-2-9(3-5-10)15-24(21,22)11-6-7-12(14)13(8-11)16(17)18/h2-8,15H,1H3. The van der Waals surface area contributed by atoms with Gasteiger partial charge in [0.15, 0.2) is 9.84 Å². The summed E-state index contributed by atoms with van der Waals surface area (Å²) >= 11 is 5.65. The molecule has 11 heteroatoms. The Hall–Kier alpha value is -2.17. The Bertz CT molecular complexity index is 1000. The zero-order chi connectivity index (χ0) is 18.1. The van der Waals surface area contributed by atoms with Crippen LogP contribution in [0.1, 0.15) is 0 Å². The van der Waals surface area contributed by atoms with E-state index in [-0.39, 0.29) is 20.5 Å². The fourth-order valence-electron chi connectivity index (χ4n) is 1.78. The number of nitrogens with zero attached hydrogens (tertiary/aromatic N) is 1. The van der Waals surface area contributed by atoms with Gasteiger partial charge in [-0.3, -0.25) is 14.8 Å². The van der Waals surface area contributed by atoms with Crippen molar-refractivity contribution in [3.8, 4) is 0 Å². The average Bonchev–Trinajstić information content (AvgIpc) is 2.46. The summed E-state index contributed by atoms with van der Waals surface area (Å²) in [6.07, 6.45) is 1.03. The van der Waals surface area contributed by atoms with Crippen molar-refractivity contribution in [1.29, 1.82) is 0 Å². The maximum absolute atomic E-state index is 12.3. The molecule has 128 valence electrons. The van der Waals surface area contributed by atoms with Gasteiger partial charge in [0.1, 0.15) is 5.02 Å². The Morgan fingerprint density at radius 2 is 1.54 bits per heavy atom. The van der Waals surface area contributed by atoms with Crippen molar-refractivity contribution in [3.63, 3.8) is 0 Å². The summed E-state index contributed by atoms with van der Waals surface area (Å²) in [7, 11) is -7.50. The average molecular weight is 391 g/mol. The van der Waals surface area contributed by atoms with Crippen LogP contribution in [0.25, 0.3) is 0 Å². The molecule has 0 fully saturated rings. The van der Waals surface area contributed by atoms with E-state index in [0.717, 1.165) is 24.5 Å². The molecule has 0 spiro atoms. The van der Waals surface area contributed by atoms with Crippen LogP contribution in [0.3, 0.4) is 0 Å². The summed E-state index contributed by atoms with van der Waals surface area (Å²) in [5.41, 5.74) is -0.424. The van der Waals surface area contributed by atoms with E-state index < -0.39 is 30.5 Å². The molecular weight excluding hydrogens is 380 g/mol. The number of hydrogen-bond donors (Lipinski definition) is 1. The molecule has 24 heavy (non-hydrogen) atoms. The number of nitro groups is 1. The van der Waals surface area contributed by atoms with E-state index in [1.165, 1.54) is 24.3 Å². The molecule has 0 aliphatic heterocycles. The van der Waals surface area contributed by atoms with E-state index in [1.807, 2.05) is 0 Å². The molecule has 0 atom stereocenters. The van der Waals surface area contributed by atoms with Gasteiger partial charge in [-0.2, -0.15) is 0 Å². The second kappa shape index (κ2) is 6.38. The van der Waals surface area contributed by atoms with E-state index in [9.17, 15) is 26.9 Å². The molecule has 2 rings (SSSR count). The van der Waals surface area contributed by atoms with Crippen molar-refractivity contribution < 1.29 is 21.8 Å². The first kappa shape index (κ1) is 18.2. The molecule has 0 unspecified atom stereocenters. The molecule has 0 radical (unpaired) electrons. The van der Waals surface area contributed by atoms with E-state index in [0.29, 0.717) is 0 Å². The minimum Gasteiger partial charge on any atom is -0.280 e. The van der Waals surface area contributed by atoms with E-state index in [1.54, 1.807) is 0 Å². The van der Waals surface area contributed by atoms with Crippen LogP contribution in [0.2, 0.25) is 5.02 Å². The van der Waals surface area contributed by atoms with Gasteiger partial charge >= 0.3 is 0 Å². The van der Waals surface area contributed by atoms with Gasteiger partial charge in [0.05, 0.1) is 14.7 Å². The normalized spacial score (nSPS) is 11.9. The zero-order valence-electron chi connectivity index (χ0n) is 12.1. The fourth-order valence-corrected chi connectivity index (χ4v) is 3.68. The van der Waals surface area contributed by atoms with Crippen molar-refractivity contribution >= 4 is 42.8 Å². The third kappa shape index (κ3) is 4.02. The highest BCUT2D eigenvalue weighted by molar-refractivity contribution is 7.92. The van der Waals surface area contributed by atoms with Crippen molar-refractivity contribution in [1.82, 2.24) is 0 Å². The first-order valence-corrected chi connectivity index (χ1v) is 10.0. The number of nitrogens with one attached hydrogen (secondary N) is 1. The summed E-state index contributed by atoms with van der Waals surface area (Å²) < 4.78 is 49.5. The van der Waals surface area contributed by atoms with Gasteiger partial charge in [-0.1, -0.05) is 11.6 Å². The molecule has 8 nitrogen and oxygen atoms in total. The summed E-state index contributed by atoms with van der Waals surface area (Å²) in [5, 5.41) is 10.7. The minimum absolute atomic E-state index is 0.0348. The van der Waals surface area contributed by atoms with Gasteiger partial charge < -0.3 is 0 Å². The first-order valence-electron chi connectivity index (χ1n) is 6.27. The summed E-state index contributed by atoms with van der Waals surface area (Å²) in [5.74, 6) is 0. The molecule has 0 saturated carbocycles. The third-order valence-corrected chi connectivity index (χ3v) is 5.79. The number of nitro benzene ring substituents is 1. The van der Waals surface area contributed by atoms with Crippen LogP contribution in [-0.2, 0) is 19.9 Å². The van der Waals surface area contributed by atoms with Gasteiger partial charge in [-0.25, -0.2) is 16.8 Å². The van der Waals surface area contributed by atoms with Crippen molar-refractivity contribution in [2.75, 3.05) is 11.0 Å². The van der Waals surface area contributed by atoms with Crippen LogP contribution in [0, 0.1) is 10.1 Å². The Morgan fingerprint density at radius 3 is 2.04 bits per heavy atom. The smallest absolute Gasteiger partial charge is 0.280 e. The largest absolute Gasteiger partial charge is 0.289 e. The SMILES string of the molecule is CS(=O)(=O)c1ccc(NS(=O)(=O)c2ccc(Cl)c([N+](=O)[O-])c2)cc1. The molecular formula is C13H11ClN2O6S2. The van der Waals surface area contributed by atoms with Crippen LogP contribution in [0.5, 0.6) is 0 Å². The number of rotatable bonds is 5. The predicted octanol–water partition coefficient (Wildman–Crippen LogP) is 2.45. The molecule has 0 amide bonds. The molecule has 2 aromatic rings. The summed E-state index contributed by atoms with van der Waals surface area (Å²) in [6.45, 7) is 0. The Labute approximate surface area is 143 Å². The summed E-state index contributed by atoms with van der Waals surface area (Å²) in [4.78, 5) is 9.74. The third-order valence-electron chi connectivity index (χ3n) is 2.96. The molecule has 0 aliphatic carbocycles. The van der Waals surface area contributed by atoms with Gasteiger partial charge in [-0.05, 0) is 36.4 Å². The molecule has 0 bridgehead atoms. The maximum atomic E-state index is 12.3. The Morgan fingerprint density at radius 1 is 1.00 bits per heavy atom. The lowest BCUT2D eigenvalue weighted by molar-refractivity contribution is -0.384. The number of hydrogen-bond acceptors (Lipinski definition) is 6. The number of halogens is 1. The van der Waals surface area contributed by atoms with Crippen LogP contribution >= 0.6 is 11.6 Å². The number of benzene rings is 2. The van der Waals surface area contributed by atoms with Crippen LogP contribution in [0.4, 0.5) is 11.4 Å². The Kier molecular flexibility index (Phi) is 4.83. The first-order chi connectivity index (χ1) is 11.0. The maximum Gasteiger partial charge on any atom is 0.289 e. The second-order valence-corrected chi connectivity index (χ2v) is 8.88.